The Hall–Kier alpha value is -1.10. The largest absolute Gasteiger partial charge is 0.382 e. The number of nitrogens with zero attached hydrogens (tertiary/aromatic N) is 4. The molecule has 2 N–H and O–H groups in total. The third-order valence-electron chi connectivity index (χ3n) is 4.28. The minimum absolute atomic E-state index is 0. The van der Waals surface area contributed by atoms with Gasteiger partial charge in [0.15, 0.2) is 5.96 Å². The Bertz CT molecular complexity index is 772. The molecule has 0 spiro atoms. The first kappa shape index (κ1) is 26.9. The predicted molar refractivity (Wildman–Crippen MR) is 134 cm³/mol. The summed E-state index contributed by atoms with van der Waals surface area (Å²) in [6.07, 6.45) is 4.28. The smallest absolute Gasteiger partial charge is 0.191 e. The summed E-state index contributed by atoms with van der Waals surface area (Å²) < 4.78 is 7.43. The van der Waals surface area contributed by atoms with E-state index in [-0.39, 0.29) is 24.0 Å². The highest BCUT2D eigenvalue weighted by atomic mass is 127. The molecule has 0 bridgehead atoms. The van der Waals surface area contributed by atoms with E-state index < -0.39 is 0 Å². The van der Waals surface area contributed by atoms with Gasteiger partial charge in [0.25, 0.3) is 0 Å². The SMILES string of the molecule is CCOCCCN=C(NCCc1ccc(Cl)cc1Cl)NCCn1cnnc1CC.I. The molecule has 7 nitrogen and oxygen atoms in total. The number of halogens is 3. The predicted octanol–water partition coefficient (Wildman–Crippen LogP) is 3.97. The number of aliphatic imine (C=N–C) groups is 1. The summed E-state index contributed by atoms with van der Waals surface area (Å²) in [5.74, 6) is 1.75. The van der Waals surface area contributed by atoms with Crippen molar-refractivity contribution in [2.75, 3.05) is 32.8 Å². The molecule has 0 amide bonds. The molecule has 1 aromatic heterocycles. The standard InChI is InChI=1S/C20H30Cl2N6O.HI/c1-3-19-27-26-15-28(19)12-11-25-20(23-9-5-13-29-4-2)24-10-8-16-6-7-17(21)14-18(16)22;/h6-7,14-15H,3-5,8-13H2,1-2H3,(H2,23,24,25);1H. The first-order chi connectivity index (χ1) is 14.1. The Balaban J connectivity index is 0.00000450. The lowest BCUT2D eigenvalue weighted by atomic mass is 10.1. The molecule has 0 saturated carbocycles. The fourth-order valence-corrected chi connectivity index (χ4v) is 3.25. The molecule has 2 rings (SSSR count). The topological polar surface area (TPSA) is 76.4 Å². The van der Waals surface area contributed by atoms with Gasteiger partial charge in [-0.3, -0.25) is 4.99 Å². The summed E-state index contributed by atoms with van der Waals surface area (Å²) in [6, 6.07) is 5.58. The van der Waals surface area contributed by atoms with Crippen molar-refractivity contribution in [3.63, 3.8) is 0 Å². The van der Waals surface area contributed by atoms with Crippen LogP contribution in [0.25, 0.3) is 0 Å². The second kappa shape index (κ2) is 15.7. The van der Waals surface area contributed by atoms with Gasteiger partial charge in [0.05, 0.1) is 0 Å². The maximum absolute atomic E-state index is 6.26. The van der Waals surface area contributed by atoms with Crippen molar-refractivity contribution in [3.8, 4) is 0 Å². The third-order valence-corrected chi connectivity index (χ3v) is 4.87. The van der Waals surface area contributed by atoms with Crippen LogP contribution in [-0.2, 0) is 24.1 Å². The van der Waals surface area contributed by atoms with E-state index in [1.807, 2.05) is 23.6 Å². The van der Waals surface area contributed by atoms with E-state index in [9.17, 15) is 0 Å². The van der Waals surface area contributed by atoms with Gasteiger partial charge in [-0.1, -0.05) is 36.2 Å². The summed E-state index contributed by atoms with van der Waals surface area (Å²) >= 11 is 12.2. The quantitative estimate of drug-likeness (QED) is 0.175. The molecule has 1 aromatic carbocycles. The lowest BCUT2D eigenvalue weighted by Gasteiger charge is -2.14. The van der Waals surface area contributed by atoms with E-state index in [0.29, 0.717) is 29.7 Å². The average Bonchev–Trinajstić information content (AvgIpc) is 3.16. The van der Waals surface area contributed by atoms with Crippen LogP contribution in [0.2, 0.25) is 10.0 Å². The van der Waals surface area contributed by atoms with Crippen molar-refractivity contribution >= 4 is 53.1 Å². The van der Waals surface area contributed by atoms with Gasteiger partial charge >= 0.3 is 0 Å². The number of hydrogen-bond donors (Lipinski definition) is 2. The summed E-state index contributed by atoms with van der Waals surface area (Å²) in [5, 5.41) is 16.2. The Kier molecular flexibility index (Phi) is 14.1. The van der Waals surface area contributed by atoms with Gasteiger partial charge in [-0.15, -0.1) is 34.2 Å². The molecule has 30 heavy (non-hydrogen) atoms. The average molecular weight is 569 g/mol. The molecule has 0 unspecified atom stereocenters. The molecule has 0 aliphatic heterocycles. The first-order valence-electron chi connectivity index (χ1n) is 10.0. The third kappa shape index (κ3) is 9.80. The van der Waals surface area contributed by atoms with Crippen LogP contribution in [0.5, 0.6) is 0 Å². The van der Waals surface area contributed by atoms with Crippen molar-refractivity contribution in [2.45, 2.75) is 39.7 Å². The Morgan fingerprint density at radius 1 is 1.20 bits per heavy atom. The van der Waals surface area contributed by atoms with Crippen molar-refractivity contribution in [1.82, 2.24) is 25.4 Å². The van der Waals surface area contributed by atoms with Gasteiger partial charge in [0, 0.05) is 55.9 Å². The van der Waals surface area contributed by atoms with Gasteiger partial charge in [0.1, 0.15) is 12.2 Å². The molecule has 168 valence electrons. The molecule has 0 saturated heterocycles. The normalized spacial score (nSPS) is 11.3. The van der Waals surface area contributed by atoms with Gasteiger partial charge in [0.2, 0.25) is 0 Å². The highest BCUT2D eigenvalue weighted by molar-refractivity contribution is 14.0. The van der Waals surface area contributed by atoms with Crippen molar-refractivity contribution < 1.29 is 4.74 Å². The number of aromatic nitrogens is 3. The zero-order chi connectivity index (χ0) is 20.9. The van der Waals surface area contributed by atoms with E-state index in [2.05, 4.69) is 32.7 Å². The van der Waals surface area contributed by atoms with Gasteiger partial charge in [-0.05, 0) is 37.5 Å². The highest BCUT2D eigenvalue weighted by Gasteiger charge is 2.05. The van der Waals surface area contributed by atoms with E-state index >= 15 is 0 Å². The van der Waals surface area contributed by atoms with Crippen molar-refractivity contribution in [2.24, 2.45) is 4.99 Å². The second-order valence-corrected chi connectivity index (χ2v) is 7.26. The second-order valence-electron chi connectivity index (χ2n) is 6.41. The molecule has 10 heteroatoms. The van der Waals surface area contributed by atoms with Crippen LogP contribution in [0.3, 0.4) is 0 Å². The van der Waals surface area contributed by atoms with Crippen LogP contribution in [0.15, 0.2) is 29.5 Å². The lowest BCUT2D eigenvalue weighted by Crippen LogP contribution is -2.40. The van der Waals surface area contributed by atoms with Crippen LogP contribution in [0.4, 0.5) is 0 Å². The molecule has 0 aliphatic rings. The minimum Gasteiger partial charge on any atom is -0.382 e. The van der Waals surface area contributed by atoms with Gasteiger partial charge < -0.3 is 19.9 Å². The summed E-state index contributed by atoms with van der Waals surface area (Å²) in [4.78, 5) is 4.64. The van der Waals surface area contributed by atoms with Crippen LogP contribution < -0.4 is 10.6 Å². The Morgan fingerprint density at radius 3 is 2.73 bits per heavy atom. The molecule has 0 atom stereocenters. The molecule has 0 fully saturated rings. The fraction of sp³-hybridized carbons (Fsp3) is 0.550. The van der Waals surface area contributed by atoms with Crippen LogP contribution >= 0.6 is 47.2 Å². The van der Waals surface area contributed by atoms with Crippen molar-refractivity contribution in [3.05, 3.63) is 46.0 Å². The summed E-state index contributed by atoms with van der Waals surface area (Å²) in [7, 11) is 0. The zero-order valence-corrected chi connectivity index (χ0v) is 21.4. The maximum Gasteiger partial charge on any atom is 0.191 e. The van der Waals surface area contributed by atoms with Crippen LogP contribution in [-0.4, -0.2) is 53.6 Å². The van der Waals surface area contributed by atoms with Crippen molar-refractivity contribution in [1.29, 1.82) is 0 Å². The number of benzene rings is 1. The van der Waals surface area contributed by atoms with Crippen LogP contribution in [0.1, 0.15) is 31.7 Å². The molecule has 2 aromatic rings. The molecule has 1 heterocycles. The molecular formula is C20H31Cl2IN6O. The molecular weight excluding hydrogens is 538 g/mol. The molecule has 0 radical (unpaired) electrons. The van der Waals surface area contributed by atoms with E-state index in [0.717, 1.165) is 56.3 Å². The summed E-state index contributed by atoms with van der Waals surface area (Å²) in [6.45, 7) is 8.43. The number of guanidine groups is 1. The fourth-order valence-electron chi connectivity index (χ4n) is 2.75. The molecule has 0 aliphatic carbocycles. The first-order valence-corrected chi connectivity index (χ1v) is 10.8. The zero-order valence-electron chi connectivity index (χ0n) is 17.5. The van der Waals surface area contributed by atoms with E-state index in [1.54, 1.807) is 12.4 Å². The van der Waals surface area contributed by atoms with Crippen LogP contribution in [0, 0.1) is 0 Å². The number of aryl methyl sites for hydroxylation is 1. The Labute approximate surface area is 206 Å². The summed E-state index contributed by atoms with van der Waals surface area (Å²) in [5.41, 5.74) is 1.05. The van der Waals surface area contributed by atoms with Gasteiger partial charge in [-0.25, -0.2) is 0 Å². The monoisotopic (exact) mass is 568 g/mol. The Morgan fingerprint density at radius 2 is 2.00 bits per heavy atom. The number of ether oxygens (including phenoxy) is 1. The maximum atomic E-state index is 6.26. The number of rotatable bonds is 12. The lowest BCUT2D eigenvalue weighted by molar-refractivity contribution is 0.146. The van der Waals surface area contributed by atoms with E-state index in [4.69, 9.17) is 27.9 Å². The highest BCUT2D eigenvalue weighted by Crippen LogP contribution is 2.20. The minimum atomic E-state index is 0. The number of hydrogen-bond acceptors (Lipinski definition) is 4. The number of nitrogens with one attached hydrogen (secondary N) is 2. The van der Waals surface area contributed by atoms with Gasteiger partial charge in [-0.2, -0.15) is 0 Å². The van der Waals surface area contributed by atoms with E-state index in [1.165, 1.54) is 0 Å².